The molecule has 0 radical (unpaired) electrons. The molecule has 0 aliphatic carbocycles. The number of aromatic nitrogens is 1. The van der Waals surface area contributed by atoms with Crippen molar-refractivity contribution >= 4 is 28.8 Å². The van der Waals surface area contributed by atoms with E-state index in [1.165, 1.54) is 0 Å². The van der Waals surface area contributed by atoms with Gasteiger partial charge in [-0.05, 0) is 18.2 Å². The summed E-state index contributed by atoms with van der Waals surface area (Å²) in [4.78, 5) is 4.16. The van der Waals surface area contributed by atoms with Crippen LogP contribution in [0.15, 0.2) is 30.5 Å². The second kappa shape index (κ2) is 5.67. The van der Waals surface area contributed by atoms with Crippen molar-refractivity contribution in [1.82, 2.24) is 4.98 Å². The van der Waals surface area contributed by atoms with Crippen LogP contribution < -0.4 is 20.5 Å². The standard InChI is InChI=1S/C13H14ClN3O2/c1-18-11-6-12(19-2)10(5-9(11)14)17-13-4-3-8(15)7-16-13/h3-7H,15H2,1-2H3,(H,16,17). The van der Waals surface area contributed by atoms with Gasteiger partial charge in [-0.3, -0.25) is 0 Å². The largest absolute Gasteiger partial charge is 0.495 e. The van der Waals surface area contributed by atoms with E-state index in [1.54, 1.807) is 44.7 Å². The summed E-state index contributed by atoms with van der Waals surface area (Å²) in [5, 5.41) is 3.60. The summed E-state index contributed by atoms with van der Waals surface area (Å²) < 4.78 is 10.4. The van der Waals surface area contributed by atoms with E-state index < -0.39 is 0 Å². The smallest absolute Gasteiger partial charge is 0.146 e. The van der Waals surface area contributed by atoms with E-state index in [2.05, 4.69) is 10.3 Å². The van der Waals surface area contributed by atoms with Gasteiger partial charge in [0.2, 0.25) is 0 Å². The molecule has 0 atom stereocenters. The molecule has 0 aliphatic rings. The Labute approximate surface area is 116 Å². The van der Waals surface area contributed by atoms with Crippen molar-refractivity contribution in [2.75, 3.05) is 25.3 Å². The van der Waals surface area contributed by atoms with Gasteiger partial charge in [-0.25, -0.2) is 4.98 Å². The molecule has 6 heteroatoms. The summed E-state index contributed by atoms with van der Waals surface area (Å²) in [5.41, 5.74) is 6.89. The number of halogens is 1. The zero-order chi connectivity index (χ0) is 13.8. The molecular formula is C13H14ClN3O2. The van der Waals surface area contributed by atoms with Gasteiger partial charge in [0, 0.05) is 6.07 Å². The maximum atomic E-state index is 6.09. The Hall–Kier alpha value is -2.14. The van der Waals surface area contributed by atoms with Crippen LogP contribution in [0.25, 0.3) is 0 Å². The van der Waals surface area contributed by atoms with Crippen molar-refractivity contribution in [3.63, 3.8) is 0 Å². The first kappa shape index (κ1) is 13.3. The highest BCUT2D eigenvalue weighted by Crippen LogP contribution is 2.37. The SMILES string of the molecule is COc1cc(OC)c(Nc2ccc(N)cn2)cc1Cl. The highest BCUT2D eigenvalue weighted by Gasteiger charge is 2.10. The molecular weight excluding hydrogens is 266 g/mol. The number of pyridine rings is 1. The van der Waals surface area contributed by atoms with Gasteiger partial charge in [0.25, 0.3) is 0 Å². The molecule has 0 saturated heterocycles. The van der Waals surface area contributed by atoms with Crippen molar-refractivity contribution in [1.29, 1.82) is 0 Å². The van der Waals surface area contributed by atoms with Crippen molar-refractivity contribution in [3.8, 4) is 11.5 Å². The number of hydrogen-bond donors (Lipinski definition) is 2. The molecule has 19 heavy (non-hydrogen) atoms. The number of methoxy groups -OCH3 is 2. The number of nitrogen functional groups attached to an aromatic ring is 1. The molecule has 0 aliphatic heterocycles. The van der Waals surface area contributed by atoms with E-state index in [1.807, 2.05) is 0 Å². The fourth-order valence-electron chi connectivity index (χ4n) is 1.57. The average molecular weight is 280 g/mol. The van der Waals surface area contributed by atoms with Crippen LogP contribution in [-0.4, -0.2) is 19.2 Å². The van der Waals surface area contributed by atoms with Crippen LogP contribution in [0.4, 0.5) is 17.2 Å². The molecule has 1 aromatic heterocycles. The topological polar surface area (TPSA) is 69.4 Å². The zero-order valence-electron chi connectivity index (χ0n) is 10.6. The molecule has 0 bridgehead atoms. The number of nitrogens with zero attached hydrogens (tertiary/aromatic N) is 1. The van der Waals surface area contributed by atoms with E-state index in [4.69, 9.17) is 26.8 Å². The van der Waals surface area contributed by atoms with Crippen LogP contribution in [-0.2, 0) is 0 Å². The monoisotopic (exact) mass is 279 g/mol. The maximum Gasteiger partial charge on any atom is 0.146 e. The Kier molecular flexibility index (Phi) is 3.97. The van der Waals surface area contributed by atoms with Gasteiger partial charge in [-0.15, -0.1) is 0 Å². The molecule has 2 aromatic rings. The maximum absolute atomic E-state index is 6.09. The highest BCUT2D eigenvalue weighted by atomic mass is 35.5. The quantitative estimate of drug-likeness (QED) is 0.900. The van der Waals surface area contributed by atoms with E-state index in [-0.39, 0.29) is 0 Å². The van der Waals surface area contributed by atoms with Crippen LogP contribution in [0, 0.1) is 0 Å². The Morgan fingerprint density at radius 1 is 1.16 bits per heavy atom. The minimum Gasteiger partial charge on any atom is -0.495 e. The lowest BCUT2D eigenvalue weighted by atomic mass is 10.2. The molecule has 0 saturated carbocycles. The molecule has 100 valence electrons. The van der Waals surface area contributed by atoms with Gasteiger partial charge in [0.05, 0.1) is 36.8 Å². The molecule has 0 spiro atoms. The van der Waals surface area contributed by atoms with E-state index >= 15 is 0 Å². The number of hydrogen-bond acceptors (Lipinski definition) is 5. The second-order valence-corrected chi connectivity index (χ2v) is 4.20. The summed E-state index contributed by atoms with van der Waals surface area (Å²) >= 11 is 6.09. The fraction of sp³-hybridized carbons (Fsp3) is 0.154. The van der Waals surface area contributed by atoms with Gasteiger partial charge in [-0.1, -0.05) is 11.6 Å². The first-order valence-electron chi connectivity index (χ1n) is 5.54. The first-order valence-corrected chi connectivity index (χ1v) is 5.92. The lowest BCUT2D eigenvalue weighted by molar-refractivity contribution is 0.396. The number of anilines is 3. The van der Waals surface area contributed by atoms with Crippen LogP contribution >= 0.6 is 11.6 Å². The molecule has 0 amide bonds. The molecule has 0 fully saturated rings. The van der Waals surface area contributed by atoms with Crippen LogP contribution in [0.2, 0.25) is 5.02 Å². The molecule has 1 aromatic carbocycles. The van der Waals surface area contributed by atoms with Crippen molar-refractivity contribution < 1.29 is 9.47 Å². The third-order valence-corrected chi connectivity index (χ3v) is 2.82. The molecule has 3 N–H and O–H groups in total. The zero-order valence-corrected chi connectivity index (χ0v) is 11.4. The number of benzene rings is 1. The van der Waals surface area contributed by atoms with Crippen LogP contribution in [0.5, 0.6) is 11.5 Å². The van der Waals surface area contributed by atoms with Crippen molar-refractivity contribution in [3.05, 3.63) is 35.5 Å². The van der Waals surface area contributed by atoms with E-state index in [0.29, 0.717) is 33.7 Å². The number of nitrogens with one attached hydrogen (secondary N) is 1. The number of ether oxygens (including phenoxy) is 2. The molecule has 0 unspecified atom stereocenters. The first-order chi connectivity index (χ1) is 9.13. The van der Waals surface area contributed by atoms with Gasteiger partial charge in [-0.2, -0.15) is 0 Å². The molecule has 5 nitrogen and oxygen atoms in total. The fourth-order valence-corrected chi connectivity index (χ4v) is 1.82. The summed E-state index contributed by atoms with van der Waals surface area (Å²) in [6.07, 6.45) is 1.57. The summed E-state index contributed by atoms with van der Waals surface area (Å²) in [5.74, 6) is 1.81. The molecule has 2 rings (SSSR count). The van der Waals surface area contributed by atoms with Gasteiger partial charge < -0.3 is 20.5 Å². The van der Waals surface area contributed by atoms with Gasteiger partial charge >= 0.3 is 0 Å². The summed E-state index contributed by atoms with van der Waals surface area (Å²) in [7, 11) is 3.12. The predicted molar refractivity (Wildman–Crippen MR) is 76.5 cm³/mol. The van der Waals surface area contributed by atoms with Crippen LogP contribution in [0.1, 0.15) is 0 Å². The van der Waals surface area contributed by atoms with Crippen molar-refractivity contribution in [2.45, 2.75) is 0 Å². The minimum atomic E-state index is 0.487. The Morgan fingerprint density at radius 3 is 2.47 bits per heavy atom. The van der Waals surface area contributed by atoms with Gasteiger partial charge in [0.1, 0.15) is 17.3 Å². The minimum absolute atomic E-state index is 0.487. The summed E-state index contributed by atoms with van der Waals surface area (Å²) in [6.45, 7) is 0. The highest BCUT2D eigenvalue weighted by molar-refractivity contribution is 6.32. The lowest BCUT2D eigenvalue weighted by Crippen LogP contribution is -1.98. The normalized spacial score (nSPS) is 10.1. The van der Waals surface area contributed by atoms with E-state index in [9.17, 15) is 0 Å². The van der Waals surface area contributed by atoms with Crippen molar-refractivity contribution in [2.24, 2.45) is 0 Å². The third-order valence-electron chi connectivity index (χ3n) is 2.52. The third kappa shape index (κ3) is 3.00. The Balaban J connectivity index is 2.33. The Morgan fingerprint density at radius 2 is 1.89 bits per heavy atom. The van der Waals surface area contributed by atoms with Crippen LogP contribution in [0.3, 0.4) is 0 Å². The molecule has 1 heterocycles. The number of rotatable bonds is 4. The predicted octanol–water partition coefficient (Wildman–Crippen LogP) is 3.08. The number of nitrogens with two attached hydrogens (primary N) is 1. The Bertz CT molecular complexity index is 573. The average Bonchev–Trinajstić information content (AvgIpc) is 2.42. The van der Waals surface area contributed by atoms with E-state index in [0.717, 1.165) is 0 Å². The summed E-state index contributed by atoms with van der Waals surface area (Å²) in [6, 6.07) is 6.96. The van der Waals surface area contributed by atoms with Gasteiger partial charge in [0.15, 0.2) is 0 Å². The lowest BCUT2D eigenvalue weighted by Gasteiger charge is -2.13. The second-order valence-electron chi connectivity index (χ2n) is 3.79.